The van der Waals surface area contributed by atoms with Crippen molar-refractivity contribution in [2.75, 3.05) is 6.61 Å². The van der Waals surface area contributed by atoms with Crippen molar-refractivity contribution >= 4 is 23.0 Å². The lowest BCUT2D eigenvalue weighted by Crippen LogP contribution is -2.29. The lowest BCUT2D eigenvalue weighted by atomic mass is 10.2. The number of nitrogens with zero attached hydrogens (tertiary/aromatic N) is 2. The van der Waals surface area contributed by atoms with Crippen molar-refractivity contribution in [3.63, 3.8) is 0 Å². The lowest BCUT2D eigenvalue weighted by Gasteiger charge is -2.20. The van der Waals surface area contributed by atoms with E-state index >= 15 is 0 Å². The number of hydrogen-bond donors (Lipinski definition) is 0. The predicted octanol–water partition coefficient (Wildman–Crippen LogP) is 4.02. The quantitative estimate of drug-likeness (QED) is 0.759. The highest BCUT2D eigenvalue weighted by Gasteiger charge is 2.34. The molecule has 0 aliphatic carbocycles. The van der Waals surface area contributed by atoms with Gasteiger partial charge in [0, 0.05) is 5.39 Å². The molecule has 0 spiro atoms. The summed E-state index contributed by atoms with van der Waals surface area (Å²) in [6.45, 7) is 6.49. The summed E-state index contributed by atoms with van der Waals surface area (Å²) in [6.07, 6.45) is -4.68. The van der Waals surface area contributed by atoms with E-state index in [2.05, 4.69) is 4.98 Å². The zero-order chi connectivity index (χ0) is 19.0. The van der Waals surface area contributed by atoms with Gasteiger partial charge in [-0.15, -0.1) is 0 Å². The van der Waals surface area contributed by atoms with Crippen LogP contribution in [0.15, 0.2) is 18.3 Å². The van der Waals surface area contributed by atoms with Gasteiger partial charge in [-0.2, -0.15) is 13.2 Å². The third kappa shape index (κ3) is 4.09. The molecule has 0 saturated carbocycles. The number of esters is 1. The van der Waals surface area contributed by atoms with Crippen molar-refractivity contribution in [1.82, 2.24) is 9.55 Å². The Kier molecular flexibility index (Phi) is 4.79. The number of hydrogen-bond acceptors (Lipinski definition) is 5. The van der Waals surface area contributed by atoms with Gasteiger partial charge in [0.05, 0.1) is 18.3 Å². The Morgan fingerprint density at radius 2 is 1.84 bits per heavy atom. The highest BCUT2D eigenvalue weighted by molar-refractivity contribution is 6.01. The van der Waals surface area contributed by atoms with Gasteiger partial charge in [-0.1, -0.05) is 0 Å². The zero-order valence-electron chi connectivity index (χ0n) is 14.1. The summed E-state index contributed by atoms with van der Waals surface area (Å²) in [5.41, 5.74) is -2.20. The largest absolute Gasteiger partial charge is 0.461 e. The number of aromatic nitrogens is 2. The van der Waals surface area contributed by atoms with Crippen LogP contribution in [0, 0.1) is 0 Å². The Balaban J connectivity index is 2.64. The van der Waals surface area contributed by atoms with Crippen LogP contribution >= 0.6 is 0 Å². The van der Waals surface area contributed by atoms with Crippen LogP contribution in [-0.4, -0.2) is 33.8 Å². The van der Waals surface area contributed by atoms with E-state index in [4.69, 9.17) is 9.47 Å². The van der Waals surface area contributed by atoms with Crippen LogP contribution < -0.4 is 0 Å². The van der Waals surface area contributed by atoms with Crippen molar-refractivity contribution in [2.45, 2.75) is 39.5 Å². The molecule has 0 aliphatic heterocycles. The van der Waals surface area contributed by atoms with Crippen LogP contribution in [0.25, 0.3) is 10.9 Å². The molecule has 0 atom stereocenters. The van der Waals surface area contributed by atoms with Crippen LogP contribution in [0.3, 0.4) is 0 Å². The minimum absolute atomic E-state index is 0.0188. The van der Waals surface area contributed by atoms with E-state index in [9.17, 15) is 22.8 Å². The molecule has 0 fully saturated rings. The van der Waals surface area contributed by atoms with Crippen LogP contribution in [0.2, 0.25) is 0 Å². The van der Waals surface area contributed by atoms with Crippen LogP contribution in [0.1, 0.15) is 43.9 Å². The van der Waals surface area contributed by atoms with E-state index in [1.165, 1.54) is 0 Å². The number of carbonyl (C=O) groups excluding carboxylic acids is 2. The molecule has 2 aromatic rings. The predicted molar refractivity (Wildman–Crippen MR) is 82.3 cm³/mol. The molecule has 9 heteroatoms. The minimum atomic E-state index is -4.65. The second-order valence-corrected chi connectivity index (χ2v) is 6.19. The molecule has 136 valence electrons. The second-order valence-electron chi connectivity index (χ2n) is 6.19. The molecule has 0 saturated heterocycles. The van der Waals surface area contributed by atoms with Crippen molar-refractivity contribution in [3.05, 3.63) is 29.7 Å². The zero-order valence-corrected chi connectivity index (χ0v) is 14.1. The maximum absolute atomic E-state index is 12.8. The molecule has 0 N–H and O–H groups in total. The number of pyridine rings is 1. The van der Waals surface area contributed by atoms with Gasteiger partial charge in [0.25, 0.3) is 0 Å². The first kappa shape index (κ1) is 18.8. The summed E-state index contributed by atoms with van der Waals surface area (Å²) in [4.78, 5) is 27.9. The summed E-state index contributed by atoms with van der Waals surface area (Å²) in [5, 5.41) is 0.0243. The molecular formula is C16H17F3N2O4. The Morgan fingerprint density at radius 1 is 1.20 bits per heavy atom. The van der Waals surface area contributed by atoms with Gasteiger partial charge in [0.15, 0.2) is 0 Å². The fourth-order valence-electron chi connectivity index (χ4n) is 2.12. The third-order valence-corrected chi connectivity index (χ3v) is 3.04. The molecule has 0 bridgehead atoms. The molecule has 2 aromatic heterocycles. The van der Waals surface area contributed by atoms with Crippen molar-refractivity contribution < 1.29 is 32.2 Å². The Bertz CT molecular complexity index is 819. The first-order valence-electron chi connectivity index (χ1n) is 7.43. The third-order valence-electron chi connectivity index (χ3n) is 3.04. The van der Waals surface area contributed by atoms with E-state index < -0.39 is 29.5 Å². The van der Waals surface area contributed by atoms with Gasteiger partial charge in [0.1, 0.15) is 17.0 Å². The number of alkyl halides is 3. The highest BCUT2D eigenvalue weighted by Crippen LogP contribution is 2.31. The number of carbonyl (C=O) groups is 2. The monoisotopic (exact) mass is 358 g/mol. The van der Waals surface area contributed by atoms with Gasteiger partial charge in [-0.25, -0.2) is 19.1 Å². The molecule has 0 radical (unpaired) electrons. The molecule has 0 unspecified atom stereocenters. The van der Waals surface area contributed by atoms with E-state index in [-0.39, 0.29) is 23.2 Å². The molecule has 2 heterocycles. The molecule has 0 amide bonds. The standard InChI is InChI=1S/C16H17F3N2O4/c1-5-24-13(22)10-6-9-7-12(16(17,18)19)20-8-11(9)21(10)14(23)25-15(2,3)4/h6-8H,5H2,1-4H3. The molecular weight excluding hydrogens is 341 g/mol. The lowest BCUT2D eigenvalue weighted by molar-refractivity contribution is -0.141. The van der Waals surface area contributed by atoms with Gasteiger partial charge in [-0.3, -0.25) is 0 Å². The summed E-state index contributed by atoms with van der Waals surface area (Å²) in [5.74, 6) is -0.849. The van der Waals surface area contributed by atoms with Crippen LogP contribution in [-0.2, 0) is 15.7 Å². The molecule has 2 rings (SSSR count). The molecule has 6 nitrogen and oxygen atoms in total. The number of ether oxygens (including phenoxy) is 2. The van der Waals surface area contributed by atoms with Gasteiger partial charge < -0.3 is 9.47 Å². The highest BCUT2D eigenvalue weighted by atomic mass is 19.4. The minimum Gasteiger partial charge on any atom is -0.461 e. The van der Waals surface area contributed by atoms with Gasteiger partial charge >= 0.3 is 18.2 Å². The first-order valence-corrected chi connectivity index (χ1v) is 7.43. The first-order chi connectivity index (χ1) is 11.4. The summed E-state index contributed by atoms with van der Waals surface area (Å²) in [6, 6.07) is 1.91. The van der Waals surface area contributed by atoms with E-state index in [0.717, 1.165) is 22.9 Å². The van der Waals surface area contributed by atoms with E-state index in [1.54, 1.807) is 27.7 Å². The van der Waals surface area contributed by atoms with Crippen molar-refractivity contribution in [2.24, 2.45) is 0 Å². The van der Waals surface area contributed by atoms with Crippen LogP contribution in [0.4, 0.5) is 18.0 Å². The SMILES string of the molecule is CCOC(=O)c1cc2cc(C(F)(F)F)ncc2n1C(=O)OC(C)(C)C. The fourth-order valence-corrected chi connectivity index (χ4v) is 2.12. The summed E-state index contributed by atoms with van der Waals surface area (Å²) >= 11 is 0. The number of halogens is 3. The second kappa shape index (κ2) is 6.38. The average Bonchev–Trinajstić information content (AvgIpc) is 2.83. The molecule has 0 aromatic carbocycles. The maximum atomic E-state index is 12.8. The van der Waals surface area contributed by atoms with Gasteiger partial charge in [0.2, 0.25) is 0 Å². The van der Waals surface area contributed by atoms with E-state index in [0.29, 0.717) is 0 Å². The van der Waals surface area contributed by atoms with Gasteiger partial charge in [-0.05, 0) is 39.8 Å². The molecule has 0 aliphatic rings. The fraction of sp³-hybridized carbons (Fsp3) is 0.438. The molecule has 25 heavy (non-hydrogen) atoms. The maximum Gasteiger partial charge on any atom is 0.433 e. The normalized spacial score (nSPS) is 12.3. The average molecular weight is 358 g/mol. The van der Waals surface area contributed by atoms with Crippen molar-refractivity contribution in [3.8, 4) is 0 Å². The number of rotatable bonds is 2. The summed E-state index contributed by atoms with van der Waals surface area (Å²) in [7, 11) is 0. The summed E-state index contributed by atoms with van der Waals surface area (Å²) < 4.78 is 49.4. The Morgan fingerprint density at radius 3 is 2.36 bits per heavy atom. The Labute approximate surface area is 141 Å². The topological polar surface area (TPSA) is 70.4 Å². The smallest absolute Gasteiger partial charge is 0.433 e. The number of fused-ring (bicyclic) bond motifs is 1. The van der Waals surface area contributed by atoms with E-state index in [1.807, 2.05) is 0 Å². The van der Waals surface area contributed by atoms with Crippen LogP contribution in [0.5, 0.6) is 0 Å². The van der Waals surface area contributed by atoms with Crippen molar-refractivity contribution in [1.29, 1.82) is 0 Å². The Hall–Kier alpha value is -2.58.